The van der Waals surface area contributed by atoms with Gasteiger partial charge in [0.15, 0.2) is 0 Å². The molecule has 0 aliphatic carbocycles. The first-order valence-electron chi connectivity index (χ1n) is 6.19. The average molecular weight is 318 g/mol. The zero-order chi connectivity index (χ0) is 13.7. The van der Waals surface area contributed by atoms with Gasteiger partial charge in [0.2, 0.25) is 0 Å². The molecular formula is C16H17NOSe. The van der Waals surface area contributed by atoms with Gasteiger partial charge in [-0.05, 0) is 0 Å². The summed E-state index contributed by atoms with van der Waals surface area (Å²) < 4.78 is 1.32. The third kappa shape index (κ3) is 3.95. The third-order valence-electron chi connectivity index (χ3n) is 2.87. The molecule has 0 aliphatic heterocycles. The summed E-state index contributed by atoms with van der Waals surface area (Å²) in [5.41, 5.74) is 3.39. The minimum atomic E-state index is -0.0300. The van der Waals surface area contributed by atoms with E-state index in [2.05, 4.69) is 48.6 Å². The van der Waals surface area contributed by atoms with E-state index >= 15 is 0 Å². The van der Waals surface area contributed by atoms with Crippen LogP contribution in [0.3, 0.4) is 0 Å². The Morgan fingerprint density at radius 3 is 2.26 bits per heavy atom. The van der Waals surface area contributed by atoms with Crippen molar-refractivity contribution in [2.45, 2.75) is 12.2 Å². The van der Waals surface area contributed by atoms with Crippen LogP contribution in [0, 0.1) is 6.92 Å². The molecule has 19 heavy (non-hydrogen) atoms. The van der Waals surface area contributed by atoms with E-state index in [4.69, 9.17) is 0 Å². The Labute approximate surface area is 120 Å². The standard InChI is InChI=1S/C16H17NOSe/c1-12-3-5-13(6-4-12)11-19-15-9-7-14(8-10-15)16(18)17-2/h3-10H,11H2,1-2H3,(H,17,18). The molecule has 0 saturated carbocycles. The quantitative estimate of drug-likeness (QED) is 0.857. The van der Waals surface area contributed by atoms with Crippen LogP contribution >= 0.6 is 0 Å². The van der Waals surface area contributed by atoms with Crippen LogP contribution in [0.2, 0.25) is 0 Å². The molecule has 0 fully saturated rings. The van der Waals surface area contributed by atoms with E-state index in [1.165, 1.54) is 15.6 Å². The van der Waals surface area contributed by atoms with Crippen LogP contribution in [0.5, 0.6) is 0 Å². The summed E-state index contributed by atoms with van der Waals surface area (Å²) in [5.74, 6) is -0.0300. The van der Waals surface area contributed by atoms with Crippen LogP contribution in [-0.2, 0) is 5.32 Å². The first-order valence-corrected chi connectivity index (χ1v) is 8.26. The number of aryl methyl sites for hydroxylation is 1. The van der Waals surface area contributed by atoms with E-state index in [1.807, 2.05) is 12.1 Å². The molecule has 0 spiro atoms. The van der Waals surface area contributed by atoms with Crippen molar-refractivity contribution in [1.29, 1.82) is 0 Å². The molecule has 98 valence electrons. The molecular weight excluding hydrogens is 301 g/mol. The molecule has 2 nitrogen and oxygen atoms in total. The number of amides is 1. The predicted octanol–water partition coefficient (Wildman–Crippen LogP) is 1.88. The molecule has 0 radical (unpaired) electrons. The summed E-state index contributed by atoms with van der Waals surface area (Å²) in [4.78, 5) is 11.4. The predicted molar refractivity (Wildman–Crippen MR) is 80.1 cm³/mol. The van der Waals surface area contributed by atoms with Crippen molar-refractivity contribution in [3.8, 4) is 0 Å². The van der Waals surface area contributed by atoms with Crippen molar-refractivity contribution >= 4 is 25.3 Å². The first kappa shape index (κ1) is 13.9. The van der Waals surface area contributed by atoms with Crippen LogP contribution in [0.25, 0.3) is 0 Å². The Morgan fingerprint density at radius 1 is 1.05 bits per heavy atom. The van der Waals surface area contributed by atoms with Gasteiger partial charge in [0.05, 0.1) is 0 Å². The monoisotopic (exact) mass is 319 g/mol. The molecule has 0 atom stereocenters. The maximum atomic E-state index is 11.4. The Morgan fingerprint density at radius 2 is 1.68 bits per heavy atom. The molecule has 2 aromatic carbocycles. The first-order chi connectivity index (χ1) is 9.19. The Bertz CT molecular complexity index is 546. The number of carbonyl (C=O) groups is 1. The van der Waals surface area contributed by atoms with Crippen molar-refractivity contribution in [2.75, 3.05) is 7.05 Å². The van der Waals surface area contributed by atoms with E-state index in [-0.39, 0.29) is 5.91 Å². The fourth-order valence-electron chi connectivity index (χ4n) is 1.70. The van der Waals surface area contributed by atoms with Gasteiger partial charge in [0.1, 0.15) is 0 Å². The third-order valence-corrected chi connectivity index (χ3v) is 5.14. The summed E-state index contributed by atoms with van der Waals surface area (Å²) in [6, 6.07) is 16.6. The minimum absolute atomic E-state index is 0.0300. The number of benzene rings is 2. The molecule has 1 amide bonds. The van der Waals surface area contributed by atoms with Gasteiger partial charge in [0.25, 0.3) is 0 Å². The molecule has 0 saturated heterocycles. The molecule has 0 heterocycles. The zero-order valence-corrected chi connectivity index (χ0v) is 12.9. The van der Waals surface area contributed by atoms with E-state index in [9.17, 15) is 4.79 Å². The van der Waals surface area contributed by atoms with Crippen LogP contribution in [0.4, 0.5) is 0 Å². The molecule has 2 aromatic rings. The van der Waals surface area contributed by atoms with Crippen LogP contribution in [-0.4, -0.2) is 27.9 Å². The number of rotatable bonds is 4. The zero-order valence-electron chi connectivity index (χ0n) is 11.1. The van der Waals surface area contributed by atoms with E-state index in [0.717, 1.165) is 10.9 Å². The average Bonchev–Trinajstić information content (AvgIpc) is 2.46. The Balaban J connectivity index is 1.96. The fraction of sp³-hybridized carbons (Fsp3) is 0.188. The molecule has 0 aromatic heterocycles. The molecule has 3 heteroatoms. The Hall–Kier alpha value is -1.57. The fourth-order valence-corrected chi connectivity index (χ4v) is 3.49. The topological polar surface area (TPSA) is 29.1 Å². The van der Waals surface area contributed by atoms with Gasteiger partial charge in [-0.25, -0.2) is 0 Å². The van der Waals surface area contributed by atoms with E-state index in [0.29, 0.717) is 15.0 Å². The Kier molecular flexibility index (Phi) is 4.78. The summed E-state index contributed by atoms with van der Waals surface area (Å²) >= 11 is 0.413. The van der Waals surface area contributed by atoms with Crippen LogP contribution in [0.15, 0.2) is 48.5 Å². The summed E-state index contributed by atoms with van der Waals surface area (Å²) in [6.45, 7) is 2.10. The van der Waals surface area contributed by atoms with E-state index in [1.54, 1.807) is 7.05 Å². The maximum absolute atomic E-state index is 11.4. The number of hydrogen-bond donors (Lipinski definition) is 1. The summed E-state index contributed by atoms with van der Waals surface area (Å²) in [5, 5.41) is 3.72. The van der Waals surface area contributed by atoms with Crippen molar-refractivity contribution in [3.63, 3.8) is 0 Å². The van der Waals surface area contributed by atoms with Crippen molar-refractivity contribution in [2.24, 2.45) is 0 Å². The number of nitrogens with one attached hydrogen (secondary N) is 1. The summed E-state index contributed by atoms with van der Waals surface area (Å²) in [7, 11) is 1.65. The molecule has 1 N–H and O–H groups in total. The summed E-state index contributed by atoms with van der Waals surface area (Å²) in [6.07, 6.45) is 0. The van der Waals surface area contributed by atoms with Crippen LogP contribution in [0.1, 0.15) is 21.5 Å². The van der Waals surface area contributed by atoms with Crippen LogP contribution < -0.4 is 9.78 Å². The number of hydrogen-bond acceptors (Lipinski definition) is 1. The van der Waals surface area contributed by atoms with Gasteiger partial charge in [-0.1, -0.05) is 0 Å². The van der Waals surface area contributed by atoms with Gasteiger partial charge in [-0.15, -0.1) is 0 Å². The van der Waals surface area contributed by atoms with Crippen molar-refractivity contribution < 1.29 is 4.79 Å². The number of carbonyl (C=O) groups excluding carboxylic acids is 1. The second kappa shape index (κ2) is 6.55. The van der Waals surface area contributed by atoms with Gasteiger partial charge in [0, 0.05) is 0 Å². The molecule has 2 rings (SSSR count). The normalized spacial score (nSPS) is 10.2. The van der Waals surface area contributed by atoms with Crippen molar-refractivity contribution in [1.82, 2.24) is 5.32 Å². The second-order valence-corrected chi connectivity index (χ2v) is 6.58. The molecule has 0 bridgehead atoms. The van der Waals surface area contributed by atoms with Gasteiger partial charge < -0.3 is 0 Å². The van der Waals surface area contributed by atoms with Crippen molar-refractivity contribution in [3.05, 3.63) is 65.2 Å². The molecule has 0 aliphatic rings. The van der Waals surface area contributed by atoms with Gasteiger partial charge in [-0.3, -0.25) is 0 Å². The van der Waals surface area contributed by atoms with E-state index < -0.39 is 0 Å². The van der Waals surface area contributed by atoms with Gasteiger partial charge >= 0.3 is 120 Å². The molecule has 0 unspecified atom stereocenters. The second-order valence-electron chi connectivity index (χ2n) is 4.38. The SMILES string of the molecule is CNC(=O)c1ccc([Se]Cc2ccc(C)cc2)cc1. The van der Waals surface area contributed by atoms with Gasteiger partial charge in [-0.2, -0.15) is 0 Å².